The quantitative estimate of drug-likeness (QED) is 0.0329. The Balaban J connectivity index is 0.000000201. The highest BCUT2D eigenvalue weighted by Gasteiger charge is 2.21. The Morgan fingerprint density at radius 1 is 0.633 bits per heavy atom. The number of benzene rings is 3. The zero-order chi connectivity index (χ0) is 42.4. The van der Waals surface area contributed by atoms with Crippen LogP contribution in [0.15, 0.2) is 119 Å². The van der Waals surface area contributed by atoms with Crippen molar-refractivity contribution in [3.63, 3.8) is 0 Å². The minimum absolute atomic E-state index is 0.178. The van der Waals surface area contributed by atoms with E-state index in [4.69, 9.17) is 11.5 Å². The number of nitrogen functional groups attached to an aromatic ring is 1. The van der Waals surface area contributed by atoms with Crippen molar-refractivity contribution in [2.45, 2.75) is 38.8 Å². The van der Waals surface area contributed by atoms with Crippen molar-refractivity contribution < 1.29 is 18.4 Å². The molecule has 308 valence electrons. The fourth-order valence-electron chi connectivity index (χ4n) is 6.14. The molecule has 0 bridgehead atoms. The highest BCUT2D eigenvalue weighted by atomic mass is 79.9. The van der Waals surface area contributed by atoms with Gasteiger partial charge in [0.15, 0.2) is 11.4 Å². The first-order chi connectivity index (χ1) is 29.1. The van der Waals surface area contributed by atoms with Crippen molar-refractivity contribution >= 4 is 88.2 Å². The Kier molecular flexibility index (Phi) is 15.4. The van der Waals surface area contributed by atoms with E-state index in [1.807, 2.05) is 30.3 Å². The Morgan fingerprint density at radius 3 is 1.68 bits per heavy atom. The largest absolute Gasteiger partial charge is 0.399 e. The van der Waals surface area contributed by atoms with Crippen LogP contribution in [0.5, 0.6) is 0 Å². The van der Waals surface area contributed by atoms with Gasteiger partial charge in [0, 0.05) is 54.2 Å². The average molecular weight is 941 g/mol. The highest BCUT2D eigenvalue weighted by Crippen LogP contribution is 2.33. The summed E-state index contributed by atoms with van der Waals surface area (Å²) in [5, 5.41) is 13.9. The molecule has 60 heavy (non-hydrogen) atoms. The number of unbranched alkanes of at least 4 members (excludes halogenated alkanes) is 3. The number of nitrogens with two attached hydrogens (primary N) is 2. The lowest BCUT2D eigenvalue weighted by atomic mass is 10.1. The van der Waals surface area contributed by atoms with Crippen LogP contribution in [0.4, 0.5) is 31.5 Å². The summed E-state index contributed by atoms with van der Waals surface area (Å²) in [4.78, 5) is 43.8. The summed E-state index contributed by atoms with van der Waals surface area (Å²) < 4.78 is 27.3. The summed E-state index contributed by atoms with van der Waals surface area (Å²) in [6.45, 7) is 1.92. The molecule has 0 atom stereocenters. The summed E-state index contributed by atoms with van der Waals surface area (Å²) >= 11 is 6.88. The Labute approximate surface area is 362 Å². The van der Waals surface area contributed by atoms with E-state index >= 15 is 0 Å². The summed E-state index contributed by atoms with van der Waals surface area (Å²) in [7, 11) is 0. The van der Waals surface area contributed by atoms with Crippen molar-refractivity contribution in [1.82, 2.24) is 30.6 Å². The Hall–Kier alpha value is -6.10. The molecule has 12 nitrogen and oxygen atoms in total. The molecule has 2 amide bonds. The molecule has 0 saturated carbocycles. The molecule has 0 aliphatic rings. The van der Waals surface area contributed by atoms with Crippen molar-refractivity contribution in [3.8, 4) is 0 Å². The zero-order valence-corrected chi connectivity index (χ0v) is 35.5. The standard InChI is InChI=1S/C22H17BrFN5O.C22H25BrFN5O/c23-21-17-5-2-10-26-18(17)19(28-16-4-1-3-15(25)11-16)20(29-21)22(30)27-12-13-6-8-14(24)9-7-13;23-21-17-6-5-13-26-18(17)19(27-12-4-2-1-3-11-25)20(29-21)22(30)28-14-15-7-9-16(24)10-8-15/h1-11,28H,12,25H2,(H,27,30);5-10,13,27H,1-4,11-12,14,25H2,(H,28,30). The molecule has 4 aromatic heterocycles. The average Bonchev–Trinajstić information content (AvgIpc) is 3.26. The minimum atomic E-state index is -0.390. The summed E-state index contributed by atoms with van der Waals surface area (Å²) in [5.41, 5.74) is 17.1. The van der Waals surface area contributed by atoms with Gasteiger partial charge in [-0.1, -0.05) is 43.2 Å². The number of hydrogen-bond donors (Lipinski definition) is 6. The van der Waals surface area contributed by atoms with Gasteiger partial charge in [0.25, 0.3) is 11.8 Å². The molecule has 7 aromatic rings. The number of amides is 2. The number of aromatic nitrogens is 4. The van der Waals surface area contributed by atoms with Gasteiger partial charge in [0.1, 0.15) is 20.8 Å². The Bertz CT molecular complexity index is 2580. The van der Waals surface area contributed by atoms with Crippen molar-refractivity contribution in [2.24, 2.45) is 5.73 Å². The third kappa shape index (κ3) is 11.5. The topological polar surface area (TPSA) is 186 Å². The molecule has 0 radical (unpaired) electrons. The van der Waals surface area contributed by atoms with Crippen LogP contribution in [0.2, 0.25) is 0 Å². The number of fused-ring (bicyclic) bond motifs is 2. The van der Waals surface area contributed by atoms with Gasteiger partial charge >= 0.3 is 0 Å². The number of nitrogens with zero attached hydrogens (tertiary/aromatic N) is 4. The summed E-state index contributed by atoms with van der Waals surface area (Å²) in [6, 6.07) is 26.6. The van der Waals surface area contributed by atoms with Gasteiger partial charge in [-0.15, -0.1) is 0 Å². The van der Waals surface area contributed by atoms with Gasteiger partial charge < -0.3 is 32.7 Å². The maximum atomic E-state index is 13.1. The molecule has 0 aliphatic carbocycles. The number of hydrogen-bond acceptors (Lipinski definition) is 10. The second-order valence-corrected chi connectivity index (χ2v) is 15.1. The smallest absolute Gasteiger partial charge is 0.272 e. The minimum Gasteiger partial charge on any atom is -0.399 e. The van der Waals surface area contributed by atoms with Crippen molar-refractivity contribution in [1.29, 1.82) is 0 Å². The summed E-state index contributed by atoms with van der Waals surface area (Å²) in [6.07, 6.45) is 7.47. The van der Waals surface area contributed by atoms with E-state index in [1.165, 1.54) is 24.3 Å². The molecule has 0 spiro atoms. The van der Waals surface area contributed by atoms with Crippen LogP contribution in [0.1, 0.15) is 57.8 Å². The van der Waals surface area contributed by atoms with Crippen LogP contribution in [-0.4, -0.2) is 44.8 Å². The fourth-order valence-corrected chi connectivity index (χ4v) is 7.14. The monoisotopic (exact) mass is 938 g/mol. The van der Waals surface area contributed by atoms with Gasteiger partial charge in [0.2, 0.25) is 0 Å². The SMILES string of the molecule is NCCCCCCNc1c(C(=O)NCc2ccc(F)cc2)nc(Br)c2cccnc12.Nc1cccc(Nc2c(C(=O)NCc3ccc(F)cc3)nc(Br)c3cccnc23)c1. The number of nitrogens with one attached hydrogen (secondary N) is 4. The summed E-state index contributed by atoms with van der Waals surface area (Å²) in [5.74, 6) is -1.35. The second kappa shape index (κ2) is 21.2. The maximum Gasteiger partial charge on any atom is 0.272 e. The second-order valence-electron chi connectivity index (χ2n) is 13.5. The molecular weight excluding hydrogens is 898 g/mol. The van der Waals surface area contributed by atoms with E-state index in [1.54, 1.807) is 54.9 Å². The molecule has 3 aromatic carbocycles. The van der Waals surface area contributed by atoms with Crippen LogP contribution in [-0.2, 0) is 13.1 Å². The highest BCUT2D eigenvalue weighted by molar-refractivity contribution is 9.10. The predicted molar refractivity (Wildman–Crippen MR) is 240 cm³/mol. The zero-order valence-electron chi connectivity index (χ0n) is 32.3. The number of rotatable bonds is 15. The van der Waals surface area contributed by atoms with Gasteiger partial charge in [0.05, 0.1) is 22.4 Å². The predicted octanol–water partition coefficient (Wildman–Crippen LogP) is 9.18. The Morgan fingerprint density at radius 2 is 1.15 bits per heavy atom. The van der Waals surface area contributed by atoms with E-state index < -0.39 is 0 Å². The third-order valence-electron chi connectivity index (χ3n) is 9.18. The lowest BCUT2D eigenvalue weighted by Gasteiger charge is -2.15. The number of anilines is 4. The molecular formula is C44H42Br2F2N10O2. The van der Waals surface area contributed by atoms with Crippen LogP contribution in [0.3, 0.4) is 0 Å². The molecule has 0 fully saturated rings. The normalized spacial score (nSPS) is 10.8. The van der Waals surface area contributed by atoms with Crippen LogP contribution in [0, 0.1) is 11.6 Å². The molecule has 0 aliphatic heterocycles. The van der Waals surface area contributed by atoms with Crippen molar-refractivity contribution in [3.05, 3.63) is 153 Å². The fraction of sp³-hybridized carbons (Fsp3) is 0.182. The lowest BCUT2D eigenvalue weighted by molar-refractivity contribution is 0.0939. The first-order valence-electron chi connectivity index (χ1n) is 19.1. The lowest BCUT2D eigenvalue weighted by Crippen LogP contribution is -2.25. The van der Waals surface area contributed by atoms with Gasteiger partial charge in [-0.05, 0) is 129 Å². The number of halogens is 4. The van der Waals surface area contributed by atoms with E-state index in [0.717, 1.165) is 47.6 Å². The van der Waals surface area contributed by atoms with E-state index in [2.05, 4.69) is 73.1 Å². The number of carbonyl (C=O) groups is 2. The molecule has 8 N–H and O–H groups in total. The molecule has 0 saturated heterocycles. The van der Waals surface area contributed by atoms with E-state index in [0.29, 0.717) is 56.1 Å². The van der Waals surface area contributed by atoms with Crippen LogP contribution >= 0.6 is 31.9 Å². The first kappa shape index (κ1) is 43.5. The molecule has 7 rings (SSSR count). The first-order valence-corrected chi connectivity index (χ1v) is 20.7. The van der Waals surface area contributed by atoms with Crippen molar-refractivity contribution in [2.75, 3.05) is 29.5 Å². The van der Waals surface area contributed by atoms with Gasteiger partial charge in [-0.25, -0.2) is 18.7 Å². The van der Waals surface area contributed by atoms with E-state index in [-0.39, 0.29) is 47.9 Å². The molecule has 16 heteroatoms. The van der Waals surface area contributed by atoms with Gasteiger partial charge in [-0.3, -0.25) is 19.6 Å². The number of pyridine rings is 4. The maximum absolute atomic E-state index is 13.1. The van der Waals surface area contributed by atoms with Crippen LogP contribution in [0.25, 0.3) is 21.8 Å². The van der Waals surface area contributed by atoms with Gasteiger partial charge in [-0.2, -0.15) is 0 Å². The third-order valence-corrected chi connectivity index (χ3v) is 10.4. The van der Waals surface area contributed by atoms with Crippen LogP contribution < -0.4 is 32.7 Å². The number of carbonyl (C=O) groups excluding carboxylic acids is 2. The molecule has 4 heterocycles. The van der Waals surface area contributed by atoms with E-state index in [9.17, 15) is 18.4 Å². The molecule has 0 unspecified atom stereocenters.